The highest BCUT2D eigenvalue weighted by molar-refractivity contribution is 7.80. The number of benzene rings is 2. The van der Waals surface area contributed by atoms with Gasteiger partial charge < -0.3 is 19.7 Å². The van der Waals surface area contributed by atoms with Gasteiger partial charge in [-0.2, -0.15) is 0 Å². The number of rotatable bonds is 9. The SMILES string of the molecule is CCCCCCOc1ccccc1C(=O)NC(=S)Nc1ccccc1C(=O)N1CCOCC1. The molecule has 0 unspecified atom stereocenters. The van der Waals surface area contributed by atoms with Crippen molar-refractivity contribution in [3.8, 4) is 5.75 Å². The Morgan fingerprint density at radius 3 is 2.45 bits per heavy atom. The highest BCUT2D eigenvalue weighted by Gasteiger charge is 2.21. The van der Waals surface area contributed by atoms with Crippen molar-refractivity contribution in [1.82, 2.24) is 10.2 Å². The van der Waals surface area contributed by atoms with Gasteiger partial charge in [-0.3, -0.25) is 14.9 Å². The Hall–Kier alpha value is -2.97. The van der Waals surface area contributed by atoms with Crippen LogP contribution in [0.15, 0.2) is 48.5 Å². The zero-order chi connectivity index (χ0) is 23.5. The Bertz CT molecular complexity index is 960. The summed E-state index contributed by atoms with van der Waals surface area (Å²) in [5.41, 5.74) is 1.45. The molecule has 0 bridgehead atoms. The summed E-state index contributed by atoms with van der Waals surface area (Å²) in [5.74, 6) is 0.0585. The predicted octanol–water partition coefficient (Wildman–Crippen LogP) is 4.24. The van der Waals surface area contributed by atoms with Crippen LogP contribution in [0.1, 0.15) is 53.3 Å². The third kappa shape index (κ3) is 7.27. The van der Waals surface area contributed by atoms with Crippen LogP contribution in [0.4, 0.5) is 5.69 Å². The lowest BCUT2D eigenvalue weighted by Gasteiger charge is -2.27. The number of hydrogen-bond acceptors (Lipinski definition) is 5. The molecule has 0 aliphatic carbocycles. The van der Waals surface area contributed by atoms with Gasteiger partial charge in [-0.1, -0.05) is 50.5 Å². The molecule has 0 atom stereocenters. The molecule has 0 spiro atoms. The first kappa shape index (κ1) is 24.7. The molecular weight excluding hydrogens is 438 g/mol. The third-order valence-electron chi connectivity index (χ3n) is 5.32. The second kappa shape index (κ2) is 12.9. The topological polar surface area (TPSA) is 79.9 Å². The van der Waals surface area contributed by atoms with Crippen LogP contribution in [0.25, 0.3) is 0 Å². The van der Waals surface area contributed by atoms with Gasteiger partial charge in [-0.25, -0.2) is 0 Å². The number of ether oxygens (including phenoxy) is 2. The van der Waals surface area contributed by atoms with Crippen molar-refractivity contribution in [2.75, 3.05) is 38.2 Å². The van der Waals surface area contributed by atoms with Crippen molar-refractivity contribution in [2.24, 2.45) is 0 Å². The lowest BCUT2D eigenvalue weighted by molar-refractivity contribution is 0.0303. The number of anilines is 1. The van der Waals surface area contributed by atoms with Gasteiger partial charge >= 0.3 is 0 Å². The quantitative estimate of drug-likeness (QED) is 0.422. The van der Waals surface area contributed by atoms with E-state index in [2.05, 4.69) is 17.6 Å². The maximum Gasteiger partial charge on any atom is 0.261 e. The van der Waals surface area contributed by atoms with Crippen molar-refractivity contribution in [2.45, 2.75) is 32.6 Å². The minimum Gasteiger partial charge on any atom is -0.493 e. The lowest BCUT2D eigenvalue weighted by atomic mass is 10.1. The first-order valence-corrected chi connectivity index (χ1v) is 11.8. The number of nitrogens with one attached hydrogen (secondary N) is 2. The molecule has 33 heavy (non-hydrogen) atoms. The molecule has 2 aromatic rings. The van der Waals surface area contributed by atoms with Gasteiger partial charge in [0.25, 0.3) is 11.8 Å². The zero-order valence-electron chi connectivity index (χ0n) is 19.0. The number of hydrogen-bond donors (Lipinski definition) is 2. The van der Waals surface area contributed by atoms with E-state index >= 15 is 0 Å². The Balaban J connectivity index is 1.61. The average Bonchev–Trinajstić information content (AvgIpc) is 2.84. The van der Waals surface area contributed by atoms with E-state index < -0.39 is 0 Å². The van der Waals surface area contributed by atoms with E-state index in [1.165, 1.54) is 6.42 Å². The summed E-state index contributed by atoms with van der Waals surface area (Å²) in [6.45, 7) is 4.86. The van der Waals surface area contributed by atoms with Crippen LogP contribution >= 0.6 is 12.2 Å². The summed E-state index contributed by atoms with van der Waals surface area (Å²) in [7, 11) is 0. The Labute approximate surface area is 200 Å². The fraction of sp³-hybridized carbons (Fsp3) is 0.400. The number of nitrogens with zero attached hydrogens (tertiary/aromatic N) is 1. The van der Waals surface area contributed by atoms with Crippen LogP contribution in [0.5, 0.6) is 5.75 Å². The van der Waals surface area contributed by atoms with Gasteiger partial charge in [0.05, 0.1) is 36.6 Å². The molecule has 176 valence electrons. The summed E-state index contributed by atoms with van der Waals surface area (Å²) in [6, 6.07) is 14.2. The van der Waals surface area contributed by atoms with E-state index in [0.29, 0.717) is 55.5 Å². The smallest absolute Gasteiger partial charge is 0.261 e. The highest BCUT2D eigenvalue weighted by Crippen LogP contribution is 2.20. The Kier molecular flexibility index (Phi) is 9.65. The lowest BCUT2D eigenvalue weighted by Crippen LogP contribution is -2.41. The number of morpholine rings is 1. The van der Waals surface area contributed by atoms with Crippen molar-refractivity contribution in [3.63, 3.8) is 0 Å². The second-order valence-corrected chi connectivity index (χ2v) is 8.17. The van der Waals surface area contributed by atoms with Crippen LogP contribution in [-0.2, 0) is 4.74 Å². The average molecular weight is 470 g/mol. The second-order valence-electron chi connectivity index (χ2n) is 7.76. The number of carbonyl (C=O) groups excluding carboxylic acids is 2. The van der Waals surface area contributed by atoms with Crippen LogP contribution in [0.2, 0.25) is 0 Å². The maximum atomic E-state index is 12.9. The van der Waals surface area contributed by atoms with E-state index in [1.807, 2.05) is 12.1 Å². The van der Waals surface area contributed by atoms with Crippen molar-refractivity contribution >= 4 is 34.8 Å². The third-order valence-corrected chi connectivity index (χ3v) is 5.52. The van der Waals surface area contributed by atoms with Crippen molar-refractivity contribution < 1.29 is 19.1 Å². The van der Waals surface area contributed by atoms with Gasteiger partial charge in [0.2, 0.25) is 0 Å². The summed E-state index contributed by atoms with van der Waals surface area (Å²) in [5, 5.41) is 5.81. The standard InChI is InChI=1S/C25H31N3O4S/c1-2-3-4-9-16-32-22-13-8-6-11-20(22)23(29)27-25(33)26-21-12-7-5-10-19(21)24(30)28-14-17-31-18-15-28/h5-8,10-13H,2-4,9,14-18H2,1H3,(H2,26,27,29,33). The minimum absolute atomic E-state index is 0.0997. The molecule has 8 heteroatoms. The number of para-hydroxylation sites is 2. The predicted molar refractivity (Wildman–Crippen MR) is 133 cm³/mol. The van der Waals surface area contributed by atoms with Crippen molar-refractivity contribution in [3.05, 3.63) is 59.7 Å². The number of unbranched alkanes of at least 4 members (excludes halogenated alkanes) is 3. The summed E-state index contributed by atoms with van der Waals surface area (Å²) < 4.78 is 11.2. The molecule has 1 saturated heterocycles. The zero-order valence-corrected chi connectivity index (χ0v) is 19.8. The molecule has 1 fully saturated rings. The fourth-order valence-corrected chi connectivity index (χ4v) is 3.73. The van der Waals surface area contributed by atoms with E-state index in [1.54, 1.807) is 41.3 Å². The fourth-order valence-electron chi connectivity index (χ4n) is 3.53. The molecule has 3 rings (SSSR count). The van der Waals surface area contributed by atoms with Crippen LogP contribution in [-0.4, -0.2) is 54.7 Å². The van der Waals surface area contributed by atoms with Gasteiger partial charge in [0.1, 0.15) is 5.75 Å². The molecule has 7 nitrogen and oxygen atoms in total. The molecule has 2 N–H and O–H groups in total. The summed E-state index contributed by atoms with van der Waals surface area (Å²) in [4.78, 5) is 27.5. The first-order valence-electron chi connectivity index (χ1n) is 11.4. The van der Waals surface area contributed by atoms with E-state index in [9.17, 15) is 9.59 Å². The van der Waals surface area contributed by atoms with Crippen LogP contribution < -0.4 is 15.4 Å². The summed E-state index contributed by atoms with van der Waals surface area (Å²) >= 11 is 5.36. The monoisotopic (exact) mass is 469 g/mol. The molecule has 0 aromatic heterocycles. The van der Waals surface area contributed by atoms with Gasteiger partial charge in [-0.05, 0) is 42.9 Å². The molecule has 0 radical (unpaired) electrons. The largest absolute Gasteiger partial charge is 0.493 e. The number of amides is 2. The van der Waals surface area contributed by atoms with Crippen LogP contribution in [0.3, 0.4) is 0 Å². The van der Waals surface area contributed by atoms with E-state index in [4.69, 9.17) is 21.7 Å². The number of thiocarbonyl (C=S) groups is 1. The first-order chi connectivity index (χ1) is 16.1. The van der Waals surface area contributed by atoms with Crippen molar-refractivity contribution in [1.29, 1.82) is 0 Å². The Morgan fingerprint density at radius 1 is 1.00 bits per heavy atom. The number of carbonyl (C=O) groups is 2. The van der Waals surface area contributed by atoms with E-state index in [-0.39, 0.29) is 16.9 Å². The van der Waals surface area contributed by atoms with Crippen LogP contribution in [0, 0.1) is 0 Å². The minimum atomic E-state index is -0.367. The molecule has 1 heterocycles. The molecule has 2 amide bonds. The molecule has 1 aliphatic rings. The molecule has 0 saturated carbocycles. The normalized spacial score (nSPS) is 13.3. The Morgan fingerprint density at radius 2 is 1.70 bits per heavy atom. The van der Waals surface area contributed by atoms with Gasteiger partial charge in [0.15, 0.2) is 5.11 Å². The molecule has 2 aromatic carbocycles. The van der Waals surface area contributed by atoms with Gasteiger partial charge in [-0.15, -0.1) is 0 Å². The maximum absolute atomic E-state index is 12.9. The highest BCUT2D eigenvalue weighted by atomic mass is 32.1. The molecular formula is C25H31N3O4S. The van der Waals surface area contributed by atoms with E-state index in [0.717, 1.165) is 19.3 Å². The summed E-state index contributed by atoms with van der Waals surface area (Å²) in [6.07, 6.45) is 4.37. The molecule has 1 aliphatic heterocycles. The van der Waals surface area contributed by atoms with Gasteiger partial charge in [0, 0.05) is 13.1 Å².